The molecule has 2 aromatic carbocycles. The Labute approximate surface area is 182 Å². The number of benzene rings is 2. The van der Waals surface area contributed by atoms with Gasteiger partial charge in [-0.2, -0.15) is 0 Å². The third-order valence-corrected chi connectivity index (χ3v) is 4.77. The molecule has 2 unspecified atom stereocenters. The highest BCUT2D eigenvalue weighted by atomic mass is 16.4. The van der Waals surface area contributed by atoms with Gasteiger partial charge in [-0.25, -0.2) is 0 Å². The number of carbonyl (C=O) groups excluding carboxylic acids is 2. The minimum atomic E-state index is -1.14. The molecule has 2 rings (SSSR count). The number of rotatable bonds is 9. The van der Waals surface area contributed by atoms with E-state index in [2.05, 4.69) is 10.6 Å². The normalized spacial score (nSPS) is 13.5. The molecule has 0 fully saturated rings. The minimum Gasteiger partial charge on any atom is -0.480 e. The average molecular weight is 421 g/mol. The molecule has 0 saturated heterocycles. The topological polar surface area (TPSA) is 95.5 Å². The van der Waals surface area contributed by atoms with Crippen LogP contribution in [-0.4, -0.2) is 35.0 Å². The number of carboxylic acid groups (broad SMARTS) is 1. The van der Waals surface area contributed by atoms with Crippen molar-refractivity contribution in [2.24, 2.45) is 0 Å². The number of amides is 2. The van der Waals surface area contributed by atoms with E-state index in [1.54, 1.807) is 30.3 Å². The summed E-state index contributed by atoms with van der Waals surface area (Å²) in [5, 5.41) is 14.3. The summed E-state index contributed by atoms with van der Waals surface area (Å²) >= 11 is 0. The summed E-state index contributed by atoms with van der Waals surface area (Å²) in [6, 6.07) is 14.3. The molecule has 0 aliphatic carbocycles. The lowest BCUT2D eigenvalue weighted by atomic mass is 9.99. The summed E-state index contributed by atoms with van der Waals surface area (Å²) in [6.45, 7) is 5.30. The van der Waals surface area contributed by atoms with Crippen molar-refractivity contribution >= 4 is 23.4 Å². The van der Waals surface area contributed by atoms with E-state index in [4.69, 9.17) is 5.11 Å². The quantitative estimate of drug-likeness (QED) is 0.540. The largest absolute Gasteiger partial charge is 0.480 e. The zero-order valence-electron chi connectivity index (χ0n) is 18.0. The molecule has 162 valence electrons. The van der Waals surface area contributed by atoms with Gasteiger partial charge in [0.2, 0.25) is 5.91 Å². The van der Waals surface area contributed by atoms with Crippen molar-refractivity contribution < 1.29 is 19.5 Å². The van der Waals surface area contributed by atoms with Crippen molar-refractivity contribution in [2.45, 2.75) is 39.3 Å². The summed E-state index contributed by atoms with van der Waals surface area (Å²) in [5.74, 6) is -2.09. The molecule has 6 nitrogen and oxygen atoms in total. The lowest BCUT2D eigenvalue weighted by molar-refractivity contribution is -0.141. The average Bonchev–Trinajstić information content (AvgIpc) is 2.78. The predicted molar refractivity (Wildman–Crippen MR) is 122 cm³/mol. The first-order valence-electron chi connectivity index (χ1n) is 10.1. The molecule has 0 aliphatic rings. The Morgan fingerprint density at radius 1 is 0.935 bits per heavy atom. The molecule has 0 aliphatic heterocycles. The van der Waals surface area contributed by atoms with Gasteiger partial charge in [-0.05, 0) is 49.6 Å². The standard InChI is InChI=1S/C25H28N2O4/c1-4-9-19(5-2)20-14-12-18(13-15-20)16-22(24(29)26-17(3)25(30)31)27-23(28)21-10-7-6-8-11-21/h4-15,17,22H,16H2,1-3H3,(H,26,29)(H,27,28)(H,30,31). The van der Waals surface area contributed by atoms with Crippen LogP contribution in [0.5, 0.6) is 0 Å². The number of aliphatic carboxylic acids is 1. The van der Waals surface area contributed by atoms with Gasteiger partial charge < -0.3 is 15.7 Å². The number of carboxylic acids is 1. The van der Waals surface area contributed by atoms with Crippen LogP contribution in [-0.2, 0) is 16.0 Å². The van der Waals surface area contributed by atoms with Crippen molar-refractivity contribution in [1.29, 1.82) is 0 Å². The lowest BCUT2D eigenvalue weighted by Gasteiger charge is -2.20. The Morgan fingerprint density at radius 3 is 2.13 bits per heavy atom. The van der Waals surface area contributed by atoms with Crippen molar-refractivity contribution in [1.82, 2.24) is 10.6 Å². The Hall–Kier alpha value is -3.67. The van der Waals surface area contributed by atoms with Gasteiger partial charge in [-0.3, -0.25) is 14.4 Å². The van der Waals surface area contributed by atoms with Gasteiger partial charge in [0, 0.05) is 12.0 Å². The Kier molecular flexibility index (Phi) is 8.76. The fraction of sp³-hybridized carbons (Fsp3) is 0.240. The van der Waals surface area contributed by atoms with E-state index in [0.717, 1.165) is 16.7 Å². The van der Waals surface area contributed by atoms with Crippen LogP contribution >= 0.6 is 0 Å². The summed E-state index contributed by atoms with van der Waals surface area (Å²) in [5.41, 5.74) is 3.39. The summed E-state index contributed by atoms with van der Waals surface area (Å²) in [7, 11) is 0. The van der Waals surface area contributed by atoms with Crippen LogP contribution in [0.25, 0.3) is 5.57 Å². The maximum Gasteiger partial charge on any atom is 0.325 e. The molecule has 31 heavy (non-hydrogen) atoms. The number of hydrogen-bond donors (Lipinski definition) is 3. The highest BCUT2D eigenvalue weighted by Crippen LogP contribution is 2.17. The molecule has 0 saturated carbocycles. The van der Waals surface area contributed by atoms with Crippen LogP contribution in [0.1, 0.15) is 42.3 Å². The van der Waals surface area contributed by atoms with E-state index in [1.807, 2.05) is 56.3 Å². The number of nitrogens with one attached hydrogen (secondary N) is 2. The monoisotopic (exact) mass is 420 g/mol. The van der Waals surface area contributed by atoms with E-state index >= 15 is 0 Å². The van der Waals surface area contributed by atoms with E-state index in [1.165, 1.54) is 6.92 Å². The maximum absolute atomic E-state index is 12.7. The van der Waals surface area contributed by atoms with Gasteiger partial charge in [0.25, 0.3) is 5.91 Å². The van der Waals surface area contributed by atoms with Crippen LogP contribution in [0.3, 0.4) is 0 Å². The third kappa shape index (κ3) is 6.96. The van der Waals surface area contributed by atoms with Gasteiger partial charge in [-0.1, -0.05) is 60.7 Å². The Bertz CT molecular complexity index is 963. The second-order valence-corrected chi connectivity index (χ2v) is 7.11. The third-order valence-electron chi connectivity index (χ3n) is 4.77. The van der Waals surface area contributed by atoms with Crippen LogP contribution in [0.2, 0.25) is 0 Å². The predicted octanol–water partition coefficient (Wildman–Crippen LogP) is 3.60. The first-order valence-corrected chi connectivity index (χ1v) is 10.1. The molecule has 2 aromatic rings. The van der Waals surface area contributed by atoms with Gasteiger partial charge in [-0.15, -0.1) is 0 Å². The fourth-order valence-electron chi connectivity index (χ4n) is 3.02. The molecule has 0 spiro atoms. The maximum atomic E-state index is 12.7. The first-order chi connectivity index (χ1) is 14.8. The molecule has 3 N–H and O–H groups in total. The molecule has 6 heteroatoms. The van der Waals surface area contributed by atoms with E-state index in [9.17, 15) is 14.4 Å². The van der Waals surface area contributed by atoms with Crippen LogP contribution in [0, 0.1) is 0 Å². The van der Waals surface area contributed by atoms with Crippen molar-refractivity contribution in [3.8, 4) is 0 Å². The van der Waals surface area contributed by atoms with Crippen LogP contribution < -0.4 is 10.6 Å². The Morgan fingerprint density at radius 2 is 1.58 bits per heavy atom. The lowest BCUT2D eigenvalue weighted by Crippen LogP contribution is -2.51. The highest BCUT2D eigenvalue weighted by molar-refractivity contribution is 5.98. The number of carbonyl (C=O) groups is 3. The summed E-state index contributed by atoms with van der Waals surface area (Å²) in [6.07, 6.45) is 6.22. The second kappa shape index (κ2) is 11.5. The molecule has 2 atom stereocenters. The SMILES string of the molecule is CC=CC(=CC)c1ccc(CC(NC(=O)c2ccccc2)C(=O)NC(C)C(=O)O)cc1. The fourth-order valence-corrected chi connectivity index (χ4v) is 3.02. The highest BCUT2D eigenvalue weighted by Gasteiger charge is 2.25. The molecule has 0 heterocycles. The van der Waals surface area contributed by atoms with Crippen molar-refractivity contribution in [3.63, 3.8) is 0 Å². The Balaban J connectivity index is 2.22. The molecule has 2 amide bonds. The number of hydrogen-bond acceptors (Lipinski definition) is 3. The first kappa shape index (κ1) is 23.6. The van der Waals surface area contributed by atoms with Crippen LogP contribution in [0.4, 0.5) is 0 Å². The molecular weight excluding hydrogens is 392 g/mol. The molecular formula is C25H28N2O4. The molecule has 0 aromatic heterocycles. The molecule has 0 bridgehead atoms. The van der Waals surface area contributed by atoms with Crippen molar-refractivity contribution in [2.75, 3.05) is 0 Å². The summed E-state index contributed by atoms with van der Waals surface area (Å²) in [4.78, 5) is 36.5. The van der Waals surface area contributed by atoms with Crippen molar-refractivity contribution in [3.05, 3.63) is 89.5 Å². The van der Waals surface area contributed by atoms with Gasteiger partial charge >= 0.3 is 5.97 Å². The van der Waals surface area contributed by atoms with Gasteiger partial charge in [0.1, 0.15) is 12.1 Å². The zero-order chi connectivity index (χ0) is 22.8. The van der Waals surface area contributed by atoms with Gasteiger partial charge in [0.05, 0.1) is 0 Å². The second-order valence-electron chi connectivity index (χ2n) is 7.11. The molecule has 0 radical (unpaired) electrons. The zero-order valence-corrected chi connectivity index (χ0v) is 18.0. The number of allylic oxidation sites excluding steroid dienone is 4. The van der Waals surface area contributed by atoms with E-state index in [-0.39, 0.29) is 6.42 Å². The minimum absolute atomic E-state index is 0.228. The van der Waals surface area contributed by atoms with E-state index in [0.29, 0.717) is 5.56 Å². The van der Waals surface area contributed by atoms with Gasteiger partial charge in [0.15, 0.2) is 0 Å². The summed E-state index contributed by atoms with van der Waals surface area (Å²) < 4.78 is 0. The smallest absolute Gasteiger partial charge is 0.325 e. The van der Waals surface area contributed by atoms with E-state index < -0.39 is 29.9 Å². The van der Waals surface area contributed by atoms with Crippen LogP contribution in [0.15, 0.2) is 72.8 Å².